The van der Waals surface area contributed by atoms with E-state index >= 15 is 0 Å². The molecule has 78 valence electrons. The number of thiol groups is 1. The first kappa shape index (κ1) is 11.3. The summed E-state index contributed by atoms with van der Waals surface area (Å²) >= 11 is 6.60. The monoisotopic (exact) mass is 348 g/mol. The van der Waals surface area contributed by atoms with Crippen molar-refractivity contribution in [1.82, 2.24) is 8.96 Å². The summed E-state index contributed by atoms with van der Waals surface area (Å²) in [6.07, 6.45) is 4.68. The lowest BCUT2D eigenvalue weighted by Crippen LogP contribution is -1.95. The van der Waals surface area contributed by atoms with Gasteiger partial charge in [0.15, 0.2) is 0 Å². The van der Waals surface area contributed by atoms with Gasteiger partial charge < -0.3 is 0 Å². The first-order valence-corrected chi connectivity index (χ1v) is 8.15. The summed E-state index contributed by atoms with van der Waals surface area (Å²) in [5, 5.41) is 0. The maximum Gasteiger partial charge on any atom is 0.0462 e. The molecular weight excluding hydrogens is 339 g/mol. The molecule has 2 aromatic rings. The first-order valence-electron chi connectivity index (χ1n) is 4.39. The highest BCUT2D eigenvalue weighted by molar-refractivity contribution is 14.2. The maximum atomic E-state index is 4.34. The van der Waals surface area contributed by atoms with Crippen molar-refractivity contribution in [2.24, 2.45) is 0 Å². The van der Waals surface area contributed by atoms with E-state index in [9.17, 15) is 0 Å². The molecule has 0 aromatic carbocycles. The van der Waals surface area contributed by atoms with Gasteiger partial charge in [0.05, 0.1) is 0 Å². The van der Waals surface area contributed by atoms with Crippen molar-refractivity contribution in [2.75, 3.05) is 0 Å². The molecule has 2 nitrogen and oxygen atoms in total. The quantitative estimate of drug-likeness (QED) is 0.675. The van der Waals surface area contributed by atoms with Gasteiger partial charge in [0.25, 0.3) is 0 Å². The molecule has 0 saturated carbocycles. The average Bonchev–Trinajstić information content (AvgIpc) is 2.60. The summed E-state index contributed by atoms with van der Waals surface area (Å²) in [4.78, 5) is 5.30. The molecule has 0 spiro atoms. The minimum Gasteiger partial charge on any atom is -0.286 e. The summed E-state index contributed by atoms with van der Waals surface area (Å²) in [6, 6.07) is 8.05. The van der Waals surface area contributed by atoms with Crippen LogP contribution in [0.4, 0.5) is 0 Å². The number of hydrogen-bond donors (Lipinski definition) is 1. The molecule has 0 unspecified atom stereocenters. The Morgan fingerprint density at radius 3 is 3.00 bits per heavy atom. The minimum absolute atomic E-state index is 0.845. The number of aromatic nitrogens is 2. The van der Waals surface area contributed by atoms with Gasteiger partial charge in [0.2, 0.25) is 0 Å². The van der Waals surface area contributed by atoms with Crippen molar-refractivity contribution in [3.8, 4) is 0 Å². The molecule has 2 heterocycles. The van der Waals surface area contributed by atoms with Crippen molar-refractivity contribution in [1.29, 1.82) is 0 Å². The Labute approximate surface area is 111 Å². The molecule has 15 heavy (non-hydrogen) atoms. The fourth-order valence-corrected chi connectivity index (χ4v) is 3.16. The van der Waals surface area contributed by atoms with Crippen LogP contribution >= 0.6 is 43.0 Å². The number of nitrogens with zero attached hydrogens (tertiary/aromatic N) is 2. The van der Waals surface area contributed by atoms with Gasteiger partial charge in [0, 0.05) is 65.4 Å². The van der Waals surface area contributed by atoms with Crippen LogP contribution < -0.4 is 0 Å². The second kappa shape index (κ2) is 5.27. The molecule has 0 aliphatic rings. The average molecular weight is 348 g/mol. The minimum atomic E-state index is 0.845. The molecule has 0 amide bonds. The van der Waals surface area contributed by atoms with Crippen molar-refractivity contribution in [3.05, 3.63) is 48.0 Å². The molecule has 0 fully saturated rings. The van der Waals surface area contributed by atoms with Crippen LogP contribution in [0.3, 0.4) is 0 Å². The molecule has 2 aromatic heterocycles. The SMILES string of the molecule is Sc1cc(Cc2ccccn2)n(SI)c1. The summed E-state index contributed by atoms with van der Waals surface area (Å²) in [5.74, 6) is 0. The molecule has 0 bridgehead atoms. The Hall–Kier alpha value is -0.140. The van der Waals surface area contributed by atoms with E-state index in [2.05, 4.69) is 48.9 Å². The predicted molar refractivity (Wildman–Crippen MR) is 75.7 cm³/mol. The van der Waals surface area contributed by atoms with Crippen LogP contribution in [-0.2, 0) is 6.42 Å². The lowest BCUT2D eigenvalue weighted by molar-refractivity contribution is 1.01. The van der Waals surface area contributed by atoms with Crippen molar-refractivity contribution in [2.45, 2.75) is 11.3 Å². The van der Waals surface area contributed by atoms with E-state index in [0.29, 0.717) is 0 Å². The Morgan fingerprint density at radius 1 is 1.47 bits per heavy atom. The summed E-state index contributed by atoms with van der Waals surface area (Å²) in [7, 11) is 1.65. The Bertz CT molecular complexity index is 442. The molecule has 0 aliphatic carbocycles. The largest absolute Gasteiger partial charge is 0.286 e. The van der Waals surface area contributed by atoms with E-state index in [4.69, 9.17) is 0 Å². The fraction of sp³-hybridized carbons (Fsp3) is 0.100. The zero-order valence-corrected chi connectivity index (χ0v) is 11.7. The molecule has 0 aliphatic heterocycles. The highest BCUT2D eigenvalue weighted by Gasteiger charge is 2.05. The van der Waals surface area contributed by atoms with Gasteiger partial charge in [-0.2, -0.15) is 0 Å². The standard InChI is InChI=1S/C10H9IN2S2/c11-15-13-7-10(14)6-9(13)5-8-3-1-2-4-12-8/h1-4,6-7,14H,5H2. The van der Waals surface area contributed by atoms with Crippen LogP contribution in [0.25, 0.3) is 0 Å². The van der Waals surface area contributed by atoms with Gasteiger partial charge >= 0.3 is 0 Å². The van der Waals surface area contributed by atoms with Crippen LogP contribution in [0.15, 0.2) is 41.6 Å². The highest BCUT2D eigenvalue weighted by Crippen LogP contribution is 2.24. The number of rotatable bonds is 3. The van der Waals surface area contributed by atoms with Gasteiger partial charge in [0.1, 0.15) is 0 Å². The fourth-order valence-electron chi connectivity index (χ4n) is 1.36. The molecular formula is C10H9IN2S2. The summed E-state index contributed by atoms with van der Waals surface area (Å²) in [5.41, 5.74) is 2.30. The van der Waals surface area contributed by atoms with Crippen molar-refractivity contribution in [3.63, 3.8) is 0 Å². The lowest BCUT2D eigenvalue weighted by atomic mass is 10.2. The van der Waals surface area contributed by atoms with E-state index in [1.807, 2.05) is 30.6 Å². The normalized spacial score (nSPS) is 10.5. The third-order valence-corrected chi connectivity index (χ3v) is 4.02. The number of hydrogen-bond acceptors (Lipinski definition) is 3. The molecule has 2 rings (SSSR count). The maximum absolute atomic E-state index is 4.34. The van der Waals surface area contributed by atoms with E-state index < -0.39 is 0 Å². The first-order chi connectivity index (χ1) is 7.29. The highest BCUT2D eigenvalue weighted by atomic mass is 127. The van der Waals surface area contributed by atoms with E-state index in [1.54, 1.807) is 9.12 Å². The van der Waals surface area contributed by atoms with Crippen LogP contribution in [0.1, 0.15) is 11.4 Å². The van der Waals surface area contributed by atoms with Gasteiger partial charge in [-0.25, -0.2) is 0 Å². The lowest BCUT2D eigenvalue weighted by Gasteiger charge is -2.02. The Morgan fingerprint density at radius 2 is 2.33 bits per heavy atom. The zero-order valence-electron chi connectivity index (χ0n) is 7.80. The predicted octanol–water partition coefficient (Wildman–Crippen LogP) is 3.61. The van der Waals surface area contributed by atoms with E-state index in [0.717, 1.165) is 17.0 Å². The smallest absolute Gasteiger partial charge is 0.0462 e. The molecule has 0 saturated heterocycles. The van der Waals surface area contributed by atoms with Crippen LogP contribution in [0.2, 0.25) is 0 Å². The second-order valence-electron chi connectivity index (χ2n) is 3.08. The van der Waals surface area contributed by atoms with Crippen LogP contribution in [0, 0.1) is 0 Å². The van der Waals surface area contributed by atoms with Gasteiger partial charge in [-0.3, -0.25) is 8.96 Å². The van der Waals surface area contributed by atoms with Crippen molar-refractivity contribution >= 4 is 43.0 Å². The van der Waals surface area contributed by atoms with E-state index in [1.165, 1.54) is 5.69 Å². The third-order valence-electron chi connectivity index (χ3n) is 2.01. The topological polar surface area (TPSA) is 17.8 Å². The molecule has 5 heteroatoms. The molecule has 0 radical (unpaired) electrons. The summed E-state index contributed by atoms with van der Waals surface area (Å²) < 4.78 is 2.11. The molecule has 0 N–H and O–H groups in total. The van der Waals surface area contributed by atoms with Gasteiger partial charge in [-0.15, -0.1) is 12.6 Å². The Balaban J connectivity index is 2.24. The Kier molecular flexibility index (Phi) is 3.99. The second-order valence-corrected chi connectivity index (χ2v) is 5.31. The summed E-state index contributed by atoms with van der Waals surface area (Å²) in [6.45, 7) is 0. The number of halogens is 1. The third kappa shape index (κ3) is 2.92. The van der Waals surface area contributed by atoms with Crippen molar-refractivity contribution < 1.29 is 0 Å². The zero-order chi connectivity index (χ0) is 10.7. The van der Waals surface area contributed by atoms with Gasteiger partial charge in [-0.05, 0) is 18.2 Å². The van der Waals surface area contributed by atoms with Gasteiger partial charge in [-0.1, -0.05) is 6.07 Å². The molecule has 0 atom stereocenters. The van der Waals surface area contributed by atoms with Crippen LogP contribution in [-0.4, -0.2) is 8.96 Å². The van der Waals surface area contributed by atoms with E-state index in [-0.39, 0.29) is 0 Å². The number of pyridine rings is 1. The van der Waals surface area contributed by atoms with Crippen LogP contribution in [0.5, 0.6) is 0 Å².